The molecule has 0 radical (unpaired) electrons. The van der Waals surface area contributed by atoms with E-state index in [-0.39, 0.29) is 0 Å². The van der Waals surface area contributed by atoms with Crippen molar-refractivity contribution in [3.8, 4) is 0 Å². The molecular weight excluding hydrogens is 268 g/mol. The highest BCUT2D eigenvalue weighted by Gasteiger charge is 2.17. The quantitative estimate of drug-likeness (QED) is 0.684. The Morgan fingerprint density at radius 3 is 2.32 bits per heavy atom. The van der Waals surface area contributed by atoms with Gasteiger partial charge in [0.15, 0.2) is 0 Å². The fraction of sp³-hybridized carbons (Fsp3) is 0.800. The second-order valence-corrected chi connectivity index (χ2v) is 6.94. The Morgan fingerprint density at radius 2 is 1.41 bits per heavy atom. The van der Waals surface area contributed by atoms with Crippen molar-refractivity contribution in [3.63, 3.8) is 0 Å². The smallest absolute Gasteiger partial charge is 0.0269 e. The minimum Gasteiger partial charge on any atom is -0.390 e. The first-order valence-corrected chi connectivity index (χ1v) is 9.74. The van der Waals surface area contributed by atoms with Gasteiger partial charge in [-0.2, -0.15) is 0 Å². The first-order valence-electron chi connectivity index (χ1n) is 9.74. The fourth-order valence-electron chi connectivity index (χ4n) is 3.72. The van der Waals surface area contributed by atoms with Crippen molar-refractivity contribution < 1.29 is 0 Å². The molecule has 2 heteroatoms. The molecule has 0 aromatic rings. The third kappa shape index (κ3) is 7.49. The van der Waals surface area contributed by atoms with Gasteiger partial charge in [-0.15, -0.1) is 0 Å². The summed E-state index contributed by atoms with van der Waals surface area (Å²) in [7, 11) is 0. The first-order chi connectivity index (χ1) is 11.0. The average Bonchev–Trinajstić information content (AvgIpc) is 2.64. The van der Waals surface area contributed by atoms with Crippen LogP contribution in [0.4, 0.5) is 0 Å². The van der Waals surface area contributed by atoms with Crippen LogP contribution in [-0.2, 0) is 0 Å². The molecule has 0 aromatic heterocycles. The number of hydrogen-bond acceptors (Lipinski definition) is 2. The van der Waals surface area contributed by atoms with Crippen molar-refractivity contribution in [1.29, 1.82) is 0 Å². The largest absolute Gasteiger partial charge is 0.390 e. The van der Waals surface area contributed by atoms with Crippen molar-refractivity contribution in [2.75, 3.05) is 19.6 Å². The molecule has 0 fully saturated rings. The van der Waals surface area contributed by atoms with Gasteiger partial charge in [-0.05, 0) is 70.5 Å². The molecule has 1 atom stereocenters. The van der Waals surface area contributed by atoms with Crippen LogP contribution in [0.2, 0.25) is 0 Å². The summed E-state index contributed by atoms with van der Waals surface area (Å²) in [6, 6.07) is 0.818. The first kappa shape index (κ1) is 17.6. The zero-order chi connectivity index (χ0) is 15.3. The molecule has 2 aliphatic rings. The van der Waals surface area contributed by atoms with Crippen LogP contribution < -0.4 is 5.32 Å². The summed E-state index contributed by atoms with van der Waals surface area (Å²) in [5.41, 5.74) is 0. The van der Waals surface area contributed by atoms with Crippen LogP contribution in [0.25, 0.3) is 0 Å². The van der Waals surface area contributed by atoms with E-state index >= 15 is 0 Å². The number of hydrogen-bond donors (Lipinski definition) is 1. The third-order valence-corrected chi connectivity index (χ3v) is 5.09. The number of nitrogens with zero attached hydrogens (tertiary/aromatic N) is 1. The molecule has 0 amide bonds. The van der Waals surface area contributed by atoms with Gasteiger partial charge < -0.3 is 5.32 Å². The summed E-state index contributed by atoms with van der Waals surface area (Å²) in [4.78, 5) is 2.80. The van der Waals surface area contributed by atoms with Crippen LogP contribution in [0.3, 0.4) is 0 Å². The molecule has 0 spiro atoms. The molecule has 0 saturated carbocycles. The molecule has 126 valence electrons. The van der Waals surface area contributed by atoms with Crippen molar-refractivity contribution >= 4 is 0 Å². The van der Waals surface area contributed by atoms with Crippen LogP contribution in [-0.4, -0.2) is 30.6 Å². The van der Waals surface area contributed by atoms with Gasteiger partial charge in [0.2, 0.25) is 0 Å². The second-order valence-electron chi connectivity index (χ2n) is 6.94. The van der Waals surface area contributed by atoms with Crippen molar-refractivity contribution in [2.45, 2.75) is 83.1 Å². The standard InChI is InChI=1S/C20H36N2/c1-2-4-7-11-15-20(14-10-6-3-1)22-18-13-9-5-8-12-16-21-17-19-22/h1,3,12,16,20-21H,2,4-11,13-15,17-19H2/b3-1-,16-12-. The lowest BCUT2D eigenvalue weighted by Crippen LogP contribution is -2.40. The van der Waals surface area contributed by atoms with E-state index in [2.05, 4.69) is 34.6 Å². The summed E-state index contributed by atoms with van der Waals surface area (Å²) in [5, 5.41) is 3.48. The Balaban J connectivity index is 1.87. The summed E-state index contributed by atoms with van der Waals surface area (Å²) in [6.45, 7) is 3.62. The maximum atomic E-state index is 3.48. The Bertz CT molecular complexity index is 290. The zero-order valence-corrected chi connectivity index (χ0v) is 14.4. The molecule has 1 heterocycles. The minimum absolute atomic E-state index is 0.818. The van der Waals surface area contributed by atoms with Crippen LogP contribution in [0.15, 0.2) is 24.4 Å². The Morgan fingerprint density at radius 1 is 0.682 bits per heavy atom. The van der Waals surface area contributed by atoms with Gasteiger partial charge in [-0.3, -0.25) is 4.90 Å². The van der Waals surface area contributed by atoms with Gasteiger partial charge >= 0.3 is 0 Å². The molecule has 22 heavy (non-hydrogen) atoms. The Hall–Kier alpha value is -0.760. The average molecular weight is 305 g/mol. The Labute approximate surface area is 138 Å². The maximum Gasteiger partial charge on any atom is 0.0269 e. The van der Waals surface area contributed by atoms with E-state index in [1.165, 1.54) is 90.1 Å². The van der Waals surface area contributed by atoms with Crippen LogP contribution >= 0.6 is 0 Å². The number of rotatable bonds is 1. The lowest BCUT2D eigenvalue weighted by Gasteiger charge is -2.32. The second kappa shape index (κ2) is 11.8. The molecular formula is C20H36N2. The molecule has 0 saturated heterocycles. The van der Waals surface area contributed by atoms with Gasteiger partial charge in [0.05, 0.1) is 0 Å². The lowest BCUT2D eigenvalue weighted by atomic mass is 10.0. The topological polar surface area (TPSA) is 15.3 Å². The number of nitrogens with one attached hydrogen (secondary N) is 1. The predicted molar refractivity (Wildman–Crippen MR) is 97.0 cm³/mol. The fourth-order valence-corrected chi connectivity index (χ4v) is 3.72. The molecule has 1 aliphatic heterocycles. The van der Waals surface area contributed by atoms with E-state index in [9.17, 15) is 0 Å². The van der Waals surface area contributed by atoms with Crippen molar-refractivity contribution in [3.05, 3.63) is 24.4 Å². The van der Waals surface area contributed by atoms with Crippen LogP contribution in [0, 0.1) is 0 Å². The normalized spacial score (nSPS) is 30.3. The van der Waals surface area contributed by atoms with Crippen LogP contribution in [0.1, 0.15) is 77.0 Å². The minimum atomic E-state index is 0.818. The van der Waals surface area contributed by atoms with E-state index in [0.717, 1.165) is 12.6 Å². The van der Waals surface area contributed by atoms with Crippen LogP contribution in [0.5, 0.6) is 0 Å². The molecule has 0 bridgehead atoms. The van der Waals surface area contributed by atoms with Crippen molar-refractivity contribution in [2.24, 2.45) is 0 Å². The summed E-state index contributed by atoms with van der Waals surface area (Å²) >= 11 is 0. The van der Waals surface area contributed by atoms with E-state index in [0.29, 0.717) is 0 Å². The third-order valence-electron chi connectivity index (χ3n) is 5.09. The summed E-state index contributed by atoms with van der Waals surface area (Å²) < 4.78 is 0. The SMILES string of the molecule is C1=C\CCCC(N2CCCCC/C=C\NCC2)CCCCC/1. The summed E-state index contributed by atoms with van der Waals surface area (Å²) in [5.74, 6) is 0. The summed E-state index contributed by atoms with van der Waals surface area (Å²) in [6.07, 6.45) is 25.6. The van der Waals surface area contributed by atoms with Gasteiger partial charge in [0, 0.05) is 19.1 Å². The molecule has 2 nitrogen and oxygen atoms in total. The zero-order valence-electron chi connectivity index (χ0n) is 14.4. The van der Waals surface area contributed by atoms with E-state index < -0.39 is 0 Å². The van der Waals surface area contributed by atoms with E-state index in [4.69, 9.17) is 0 Å². The van der Waals surface area contributed by atoms with E-state index in [1.54, 1.807) is 0 Å². The maximum absolute atomic E-state index is 3.48. The molecule has 0 aromatic carbocycles. The molecule has 2 rings (SSSR count). The molecule has 1 aliphatic carbocycles. The van der Waals surface area contributed by atoms with Crippen molar-refractivity contribution in [1.82, 2.24) is 10.2 Å². The van der Waals surface area contributed by atoms with Gasteiger partial charge in [-0.1, -0.05) is 37.5 Å². The van der Waals surface area contributed by atoms with E-state index in [1.807, 2.05) is 0 Å². The Kier molecular flexibility index (Phi) is 9.40. The highest BCUT2D eigenvalue weighted by Crippen LogP contribution is 2.19. The van der Waals surface area contributed by atoms with Gasteiger partial charge in [0.25, 0.3) is 0 Å². The van der Waals surface area contributed by atoms with Gasteiger partial charge in [-0.25, -0.2) is 0 Å². The molecule has 1 N–H and O–H groups in total. The lowest BCUT2D eigenvalue weighted by molar-refractivity contribution is 0.171. The highest BCUT2D eigenvalue weighted by atomic mass is 15.2. The molecule has 1 unspecified atom stereocenters. The van der Waals surface area contributed by atoms with Gasteiger partial charge in [0.1, 0.15) is 0 Å². The number of allylic oxidation sites excluding steroid dienone is 3. The monoisotopic (exact) mass is 304 g/mol. The predicted octanol–water partition coefficient (Wildman–Crippen LogP) is 5.02. The highest BCUT2D eigenvalue weighted by molar-refractivity contribution is 4.85.